The van der Waals surface area contributed by atoms with Crippen LogP contribution in [-0.2, 0) is 33.3 Å². The van der Waals surface area contributed by atoms with Crippen molar-refractivity contribution in [1.29, 1.82) is 0 Å². The van der Waals surface area contributed by atoms with E-state index in [1.165, 1.54) is 0 Å². The average molecular weight is 308 g/mol. The Labute approximate surface area is 120 Å². The number of hydrogen-bond acceptors (Lipinski definition) is 8. The van der Waals surface area contributed by atoms with Crippen LogP contribution < -0.4 is 0 Å². The van der Waals surface area contributed by atoms with Gasteiger partial charge in [0, 0.05) is 20.8 Å². The lowest BCUT2D eigenvalue weighted by Crippen LogP contribution is -2.61. The van der Waals surface area contributed by atoms with Gasteiger partial charge < -0.3 is 24.1 Å². The summed E-state index contributed by atoms with van der Waals surface area (Å²) in [5.41, 5.74) is 0. The molecule has 0 saturated carbocycles. The van der Waals surface area contributed by atoms with Crippen LogP contribution in [0.4, 0.5) is 4.39 Å². The molecular formula is C12H17FO8. The molecule has 0 aromatic rings. The third-order valence-electron chi connectivity index (χ3n) is 2.67. The maximum absolute atomic E-state index is 13.0. The van der Waals surface area contributed by atoms with Gasteiger partial charge in [0.1, 0.15) is 12.8 Å². The van der Waals surface area contributed by atoms with Crippen molar-refractivity contribution >= 4 is 17.9 Å². The lowest BCUT2D eigenvalue weighted by molar-refractivity contribution is -0.292. The summed E-state index contributed by atoms with van der Waals surface area (Å²) in [5.74, 6) is -2.32. The van der Waals surface area contributed by atoms with Crippen molar-refractivity contribution in [3.05, 3.63) is 0 Å². The maximum Gasteiger partial charge on any atom is 0.303 e. The number of carbonyl (C=O) groups is 3. The van der Waals surface area contributed by atoms with Gasteiger partial charge in [-0.25, -0.2) is 4.39 Å². The lowest BCUT2D eigenvalue weighted by atomic mass is 9.98. The molecule has 1 aliphatic heterocycles. The lowest BCUT2D eigenvalue weighted by Gasteiger charge is -2.42. The van der Waals surface area contributed by atoms with Gasteiger partial charge in [-0.05, 0) is 0 Å². The fourth-order valence-electron chi connectivity index (χ4n) is 2.00. The highest BCUT2D eigenvalue weighted by Gasteiger charge is 2.51. The van der Waals surface area contributed by atoms with E-state index in [2.05, 4.69) is 0 Å². The molecule has 0 aliphatic carbocycles. The zero-order chi connectivity index (χ0) is 16.2. The van der Waals surface area contributed by atoms with Crippen LogP contribution in [0, 0.1) is 0 Å². The Morgan fingerprint density at radius 2 is 1.38 bits per heavy atom. The third kappa shape index (κ3) is 4.64. The Morgan fingerprint density at radius 1 is 0.952 bits per heavy atom. The van der Waals surface area contributed by atoms with Gasteiger partial charge in [-0.15, -0.1) is 0 Å². The van der Waals surface area contributed by atoms with Crippen LogP contribution >= 0.6 is 0 Å². The van der Waals surface area contributed by atoms with Crippen LogP contribution in [0.5, 0.6) is 0 Å². The highest BCUT2D eigenvalue weighted by molar-refractivity contribution is 5.68. The zero-order valence-electron chi connectivity index (χ0n) is 11.8. The largest absolute Gasteiger partial charge is 0.456 e. The van der Waals surface area contributed by atoms with Gasteiger partial charge in [-0.3, -0.25) is 14.4 Å². The Bertz CT molecular complexity index is 412. The van der Waals surface area contributed by atoms with E-state index in [0.717, 1.165) is 20.8 Å². The predicted molar refractivity (Wildman–Crippen MR) is 63.5 cm³/mol. The van der Waals surface area contributed by atoms with Crippen molar-refractivity contribution in [1.82, 2.24) is 0 Å². The van der Waals surface area contributed by atoms with Crippen LogP contribution in [0.2, 0.25) is 0 Å². The number of esters is 3. The van der Waals surface area contributed by atoms with Crippen molar-refractivity contribution in [3.8, 4) is 0 Å². The van der Waals surface area contributed by atoms with Crippen molar-refractivity contribution < 1.29 is 42.8 Å². The molecule has 5 atom stereocenters. The number of aliphatic hydroxyl groups excluding tert-OH is 1. The van der Waals surface area contributed by atoms with Crippen LogP contribution in [0.25, 0.3) is 0 Å². The summed E-state index contributed by atoms with van der Waals surface area (Å²) in [7, 11) is 0. The minimum Gasteiger partial charge on any atom is -0.456 e. The van der Waals surface area contributed by atoms with Gasteiger partial charge in [0.25, 0.3) is 0 Å². The van der Waals surface area contributed by atoms with Gasteiger partial charge in [0.15, 0.2) is 24.6 Å². The van der Waals surface area contributed by atoms with E-state index in [4.69, 9.17) is 18.9 Å². The molecule has 0 bridgehead atoms. The van der Waals surface area contributed by atoms with Crippen molar-refractivity contribution in [2.24, 2.45) is 0 Å². The predicted octanol–water partition coefficient (Wildman–Crippen LogP) is -0.532. The molecule has 0 aromatic heterocycles. The van der Waals surface area contributed by atoms with Crippen molar-refractivity contribution in [2.45, 2.75) is 51.5 Å². The van der Waals surface area contributed by atoms with Crippen molar-refractivity contribution in [3.63, 3.8) is 0 Å². The number of hydrogen-bond donors (Lipinski definition) is 1. The number of halogens is 1. The molecule has 1 aliphatic rings. The van der Waals surface area contributed by atoms with Crippen LogP contribution in [0.15, 0.2) is 0 Å². The van der Waals surface area contributed by atoms with Crippen molar-refractivity contribution in [2.75, 3.05) is 6.67 Å². The van der Waals surface area contributed by atoms with E-state index in [1.807, 2.05) is 0 Å². The minimum absolute atomic E-state index is 0.767. The summed E-state index contributed by atoms with van der Waals surface area (Å²) < 4.78 is 32.5. The molecule has 1 heterocycles. The molecule has 0 aromatic carbocycles. The number of aliphatic hydroxyl groups is 1. The molecule has 1 N–H and O–H groups in total. The second-order valence-corrected chi connectivity index (χ2v) is 4.44. The minimum atomic E-state index is -1.72. The monoisotopic (exact) mass is 308 g/mol. The second-order valence-electron chi connectivity index (χ2n) is 4.44. The van der Waals surface area contributed by atoms with Crippen LogP contribution in [-0.4, -0.2) is 60.4 Å². The highest BCUT2D eigenvalue weighted by Crippen LogP contribution is 2.28. The molecule has 8 nitrogen and oxygen atoms in total. The van der Waals surface area contributed by atoms with Crippen LogP contribution in [0.3, 0.4) is 0 Å². The molecule has 120 valence electrons. The van der Waals surface area contributed by atoms with E-state index < -0.39 is 55.3 Å². The quantitative estimate of drug-likeness (QED) is 0.545. The molecule has 21 heavy (non-hydrogen) atoms. The molecule has 0 spiro atoms. The number of rotatable bonds is 4. The first-order valence-corrected chi connectivity index (χ1v) is 6.17. The smallest absolute Gasteiger partial charge is 0.303 e. The van der Waals surface area contributed by atoms with Gasteiger partial charge >= 0.3 is 17.9 Å². The van der Waals surface area contributed by atoms with E-state index in [-0.39, 0.29) is 0 Å². The summed E-state index contributed by atoms with van der Waals surface area (Å²) in [4.78, 5) is 33.3. The first-order valence-electron chi connectivity index (χ1n) is 6.17. The summed E-state index contributed by atoms with van der Waals surface area (Å²) in [6, 6.07) is 0. The molecule has 9 heteroatoms. The molecule has 0 radical (unpaired) electrons. The third-order valence-corrected chi connectivity index (χ3v) is 2.67. The first-order chi connectivity index (χ1) is 9.76. The van der Waals surface area contributed by atoms with Gasteiger partial charge in [-0.2, -0.15) is 0 Å². The van der Waals surface area contributed by atoms with E-state index >= 15 is 0 Å². The molecule has 1 fully saturated rings. The average Bonchev–Trinajstić information content (AvgIpc) is 2.35. The SMILES string of the molecule is CC(=O)O[C@@H]1[C@@H](OC(C)=O)[C@H](OC(C)=O)C(O)O[C@H]1CF. The number of carbonyl (C=O) groups excluding carboxylic acids is 3. The molecule has 1 rings (SSSR count). The maximum atomic E-state index is 13.0. The van der Waals surface area contributed by atoms with Gasteiger partial charge in [0.05, 0.1) is 0 Å². The Balaban J connectivity index is 3.08. The van der Waals surface area contributed by atoms with Gasteiger partial charge in [-0.1, -0.05) is 0 Å². The molecule has 1 unspecified atom stereocenters. The fourth-order valence-corrected chi connectivity index (χ4v) is 2.00. The first kappa shape index (κ1) is 17.3. The normalized spacial score (nSPS) is 32.1. The topological polar surface area (TPSA) is 108 Å². The van der Waals surface area contributed by atoms with E-state index in [0.29, 0.717) is 0 Å². The Kier molecular flexibility index (Phi) is 6.03. The Morgan fingerprint density at radius 3 is 1.81 bits per heavy atom. The van der Waals surface area contributed by atoms with Gasteiger partial charge in [0.2, 0.25) is 0 Å². The second kappa shape index (κ2) is 7.32. The van der Waals surface area contributed by atoms with E-state index in [1.54, 1.807) is 0 Å². The standard InChI is InChI=1S/C12H17FO8/c1-5(14)18-9-8(4-13)21-12(17)11(20-7(3)16)10(9)19-6(2)15/h8-12,17H,4H2,1-3H3/t8-,9-,10+,11-,12?/m0/s1. The summed E-state index contributed by atoms with van der Waals surface area (Å²) in [5, 5.41) is 9.76. The van der Waals surface area contributed by atoms with E-state index in [9.17, 15) is 23.9 Å². The summed E-state index contributed by atoms with van der Waals surface area (Å²) >= 11 is 0. The summed E-state index contributed by atoms with van der Waals surface area (Å²) in [6.45, 7) is 2.12. The fraction of sp³-hybridized carbons (Fsp3) is 0.750. The number of alkyl halides is 1. The molecule has 0 amide bonds. The Hall–Kier alpha value is -1.74. The molecule has 1 saturated heterocycles. The van der Waals surface area contributed by atoms with Crippen LogP contribution in [0.1, 0.15) is 20.8 Å². The number of ether oxygens (including phenoxy) is 4. The highest BCUT2D eigenvalue weighted by atomic mass is 19.1. The zero-order valence-corrected chi connectivity index (χ0v) is 11.8. The molecular weight excluding hydrogens is 291 g/mol. The summed E-state index contributed by atoms with van der Waals surface area (Å²) in [6.07, 6.45) is -7.21.